The molecule has 0 aliphatic rings. The first-order valence-corrected chi connectivity index (χ1v) is 7.67. The summed E-state index contributed by atoms with van der Waals surface area (Å²) in [5.74, 6) is -1.26. The number of rotatable bonds is 5. The average molecular weight is 309 g/mol. The number of thiazole rings is 1. The van der Waals surface area contributed by atoms with Gasteiger partial charge in [0.25, 0.3) is 5.91 Å². The third-order valence-electron chi connectivity index (χ3n) is 2.31. The van der Waals surface area contributed by atoms with E-state index in [0.29, 0.717) is 21.4 Å². The molecular formula is C12H11N3O3S2. The second-order valence-corrected chi connectivity index (χ2v) is 5.38. The number of carboxylic acids is 1. The molecule has 0 saturated carbocycles. The van der Waals surface area contributed by atoms with E-state index in [1.54, 1.807) is 23.7 Å². The molecule has 1 amide bonds. The molecule has 8 heteroatoms. The topological polar surface area (TPSA) is 92.2 Å². The van der Waals surface area contributed by atoms with Gasteiger partial charge in [0.15, 0.2) is 5.13 Å². The lowest BCUT2D eigenvalue weighted by atomic mass is 10.3. The summed E-state index contributed by atoms with van der Waals surface area (Å²) in [5, 5.41) is 13.9. The normalized spacial score (nSPS) is 10.2. The summed E-state index contributed by atoms with van der Waals surface area (Å²) in [6, 6.07) is 3.37. The fourth-order valence-electron chi connectivity index (χ4n) is 1.49. The lowest BCUT2D eigenvalue weighted by Gasteiger charge is -2.05. The number of nitrogens with zero attached hydrogens (tertiary/aromatic N) is 2. The van der Waals surface area contributed by atoms with Crippen molar-refractivity contribution < 1.29 is 14.7 Å². The number of hydrogen-bond donors (Lipinski definition) is 2. The van der Waals surface area contributed by atoms with Gasteiger partial charge >= 0.3 is 5.97 Å². The highest BCUT2D eigenvalue weighted by molar-refractivity contribution is 7.98. The third-order valence-corrected chi connectivity index (χ3v) is 3.83. The van der Waals surface area contributed by atoms with Crippen LogP contribution in [0.15, 0.2) is 28.7 Å². The number of anilines is 1. The van der Waals surface area contributed by atoms with Crippen molar-refractivity contribution in [2.75, 3.05) is 11.6 Å². The summed E-state index contributed by atoms with van der Waals surface area (Å²) >= 11 is 2.58. The Hall–Kier alpha value is -1.93. The second-order valence-electron chi connectivity index (χ2n) is 3.73. The SMILES string of the molecule is CSc1ncccc1C(=O)Nc1nc(CC(=O)O)cs1. The van der Waals surface area contributed by atoms with E-state index in [4.69, 9.17) is 5.11 Å². The Bertz CT molecular complexity index is 642. The molecule has 0 fully saturated rings. The van der Waals surface area contributed by atoms with Crippen LogP contribution in [0.5, 0.6) is 0 Å². The molecule has 0 aliphatic carbocycles. The van der Waals surface area contributed by atoms with Crippen molar-refractivity contribution >= 4 is 40.1 Å². The molecule has 0 radical (unpaired) electrons. The van der Waals surface area contributed by atoms with E-state index in [1.165, 1.54) is 23.1 Å². The highest BCUT2D eigenvalue weighted by Gasteiger charge is 2.14. The van der Waals surface area contributed by atoms with Gasteiger partial charge in [-0.3, -0.25) is 14.9 Å². The molecule has 2 rings (SSSR count). The molecule has 2 aromatic rings. The van der Waals surface area contributed by atoms with Crippen molar-refractivity contribution in [1.82, 2.24) is 9.97 Å². The molecule has 104 valence electrons. The van der Waals surface area contributed by atoms with E-state index in [-0.39, 0.29) is 12.3 Å². The number of hydrogen-bond acceptors (Lipinski definition) is 6. The number of carbonyl (C=O) groups is 2. The molecule has 0 saturated heterocycles. The van der Waals surface area contributed by atoms with Gasteiger partial charge in [-0.2, -0.15) is 0 Å². The molecule has 2 aromatic heterocycles. The summed E-state index contributed by atoms with van der Waals surface area (Å²) < 4.78 is 0. The van der Waals surface area contributed by atoms with Gasteiger partial charge in [-0.1, -0.05) is 0 Å². The molecule has 0 bridgehead atoms. The Morgan fingerprint density at radius 1 is 1.50 bits per heavy atom. The van der Waals surface area contributed by atoms with Gasteiger partial charge in [-0.05, 0) is 18.4 Å². The first kappa shape index (κ1) is 14.5. The number of pyridine rings is 1. The van der Waals surface area contributed by atoms with Crippen LogP contribution in [0.2, 0.25) is 0 Å². The smallest absolute Gasteiger partial charge is 0.309 e. The monoisotopic (exact) mass is 309 g/mol. The van der Waals surface area contributed by atoms with Crippen LogP contribution in [-0.4, -0.2) is 33.2 Å². The van der Waals surface area contributed by atoms with Gasteiger partial charge in [-0.25, -0.2) is 9.97 Å². The van der Waals surface area contributed by atoms with E-state index >= 15 is 0 Å². The minimum absolute atomic E-state index is 0.157. The molecule has 0 aliphatic heterocycles. The Morgan fingerprint density at radius 3 is 3.00 bits per heavy atom. The van der Waals surface area contributed by atoms with Gasteiger partial charge in [-0.15, -0.1) is 23.1 Å². The van der Waals surface area contributed by atoms with Crippen LogP contribution in [-0.2, 0) is 11.2 Å². The molecule has 2 N–H and O–H groups in total. The minimum Gasteiger partial charge on any atom is -0.481 e. The zero-order chi connectivity index (χ0) is 14.5. The molecule has 20 heavy (non-hydrogen) atoms. The Labute approximate surface area is 123 Å². The highest BCUT2D eigenvalue weighted by atomic mass is 32.2. The number of thioether (sulfide) groups is 1. The third kappa shape index (κ3) is 3.55. The van der Waals surface area contributed by atoms with Crippen molar-refractivity contribution in [2.45, 2.75) is 11.4 Å². The van der Waals surface area contributed by atoms with Crippen molar-refractivity contribution in [3.8, 4) is 0 Å². The number of nitrogens with one attached hydrogen (secondary N) is 1. The lowest BCUT2D eigenvalue weighted by Crippen LogP contribution is -2.13. The standard InChI is InChI=1S/C12H11N3O3S2/c1-19-11-8(3-2-4-13-11)10(18)15-12-14-7(6-20-12)5-9(16)17/h2-4,6H,5H2,1H3,(H,16,17)(H,14,15,18). The Morgan fingerprint density at radius 2 is 2.30 bits per heavy atom. The minimum atomic E-state index is -0.954. The molecule has 0 spiro atoms. The summed E-state index contributed by atoms with van der Waals surface area (Å²) in [4.78, 5) is 30.8. The molecule has 0 unspecified atom stereocenters. The van der Waals surface area contributed by atoms with Crippen LogP contribution in [0.3, 0.4) is 0 Å². The molecule has 2 heterocycles. The van der Waals surface area contributed by atoms with Gasteiger partial charge in [0.2, 0.25) is 0 Å². The maximum absolute atomic E-state index is 12.1. The number of carbonyl (C=O) groups excluding carboxylic acids is 1. The second kappa shape index (κ2) is 6.49. The first-order chi connectivity index (χ1) is 9.60. The van der Waals surface area contributed by atoms with E-state index in [1.807, 2.05) is 6.26 Å². The Balaban J connectivity index is 2.11. The van der Waals surface area contributed by atoms with Crippen LogP contribution in [0, 0.1) is 0 Å². The zero-order valence-electron chi connectivity index (χ0n) is 10.5. The maximum atomic E-state index is 12.1. The van der Waals surface area contributed by atoms with Crippen LogP contribution in [0.4, 0.5) is 5.13 Å². The number of amides is 1. The number of aromatic nitrogens is 2. The van der Waals surface area contributed by atoms with E-state index < -0.39 is 5.97 Å². The van der Waals surface area contributed by atoms with Crippen molar-refractivity contribution in [2.24, 2.45) is 0 Å². The van der Waals surface area contributed by atoms with Crippen molar-refractivity contribution in [3.63, 3.8) is 0 Å². The summed E-state index contributed by atoms with van der Waals surface area (Å²) in [5.41, 5.74) is 0.893. The molecular weight excluding hydrogens is 298 g/mol. The van der Waals surface area contributed by atoms with Crippen LogP contribution in [0.1, 0.15) is 16.1 Å². The van der Waals surface area contributed by atoms with Crippen LogP contribution >= 0.6 is 23.1 Å². The zero-order valence-corrected chi connectivity index (χ0v) is 12.1. The number of carboxylic acid groups (broad SMARTS) is 1. The predicted molar refractivity (Wildman–Crippen MR) is 77.4 cm³/mol. The fraction of sp³-hybridized carbons (Fsp3) is 0.167. The largest absolute Gasteiger partial charge is 0.481 e. The molecule has 6 nitrogen and oxygen atoms in total. The predicted octanol–water partition coefficient (Wildman–Crippen LogP) is 2.14. The van der Waals surface area contributed by atoms with E-state index in [2.05, 4.69) is 15.3 Å². The van der Waals surface area contributed by atoms with Crippen LogP contribution < -0.4 is 5.32 Å². The first-order valence-electron chi connectivity index (χ1n) is 5.56. The highest BCUT2D eigenvalue weighted by Crippen LogP contribution is 2.20. The van der Waals surface area contributed by atoms with Gasteiger partial charge in [0.05, 0.1) is 17.7 Å². The van der Waals surface area contributed by atoms with E-state index in [9.17, 15) is 9.59 Å². The summed E-state index contributed by atoms with van der Waals surface area (Å²) in [6.07, 6.45) is 3.31. The molecule has 0 atom stereocenters. The average Bonchev–Trinajstić information content (AvgIpc) is 2.85. The van der Waals surface area contributed by atoms with Crippen molar-refractivity contribution in [1.29, 1.82) is 0 Å². The van der Waals surface area contributed by atoms with Gasteiger partial charge < -0.3 is 5.11 Å². The summed E-state index contributed by atoms with van der Waals surface area (Å²) in [7, 11) is 0. The number of aliphatic carboxylic acids is 1. The quantitative estimate of drug-likeness (QED) is 0.822. The lowest BCUT2D eigenvalue weighted by molar-refractivity contribution is -0.136. The maximum Gasteiger partial charge on any atom is 0.309 e. The summed E-state index contributed by atoms with van der Waals surface area (Å²) in [6.45, 7) is 0. The van der Waals surface area contributed by atoms with E-state index in [0.717, 1.165) is 0 Å². The van der Waals surface area contributed by atoms with Crippen molar-refractivity contribution in [3.05, 3.63) is 35.0 Å². The van der Waals surface area contributed by atoms with Gasteiger partial charge in [0.1, 0.15) is 5.03 Å². The fourth-order valence-corrected chi connectivity index (χ4v) is 2.74. The van der Waals surface area contributed by atoms with Gasteiger partial charge in [0, 0.05) is 11.6 Å². The molecule has 0 aromatic carbocycles. The Kier molecular flexibility index (Phi) is 4.70. The van der Waals surface area contributed by atoms with Crippen LogP contribution in [0.25, 0.3) is 0 Å².